The summed E-state index contributed by atoms with van der Waals surface area (Å²) in [5, 5.41) is 0. The molecule has 0 fully saturated rings. The van der Waals surface area contributed by atoms with Gasteiger partial charge in [-0.25, -0.2) is 0 Å². The number of unbranched alkanes of at least 4 members (excludes halogenated alkanes) is 1. The van der Waals surface area contributed by atoms with Gasteiger partial charge >= 0.3 is 0 Å². The lowest BCUT2D eigenvalue weighted by atomic mass is 10.4. The van der Waals surface area contributed by atoms with E-state index in [2.05, 4.69) is 15.8 Å². The predicted molar refractivity (Wildman–Crippen MR) is 29.3 cm³/mol. The molecule has 30 valence electrons. The molecule has 0 amide bonds. The van der Waals surface area contributed by atoms with Crippen LogP contribution in [0.25, 0.3) is 0 Å². The van der Waals surface area contributed by atoms with Crippen LogP contribution in [0.5, 0.6) is 0 Å². The highest BCUT2D eigenvalue weighted by atomic mass is 31.0. The molecule has 5 heavy (non-hydrogen) atoms. The average molecular weight is 88.1 g/mol. The second-order valence-electron chi connectivity index (χ2n) is 0.993. The van der Waals surface area contributed by atoms with Crippen molar-refractivity contribution in [2.24, 2.45) is 0 Å². The molecule has 0 spiro atoms. The smallest absolute Gasteiger partial charge is 0.0312 e. The molecule has 0 aliphatic heterocycles. The van der Waals surface area contributed by atoms with Gasteiger partial charge in [-0.1, -0.05) is 19.1 Å². The quantitative estimate of drug-likeness (QED) is 0.451. The molecule has 0 N–H and O–H groups in total. The largest absolute Gasteiger partial charge is 0.127 e. The van der Waals surface area contributed by atoms with Crippen LogP contribution in [0.4, 0.5) is 0 Å². The fraction of sp³-hybridized carbons (Fsp3) is 0.750. The molecule has 0 rings (SSSR count). The summed E-state index contributed by atoms with van der Waals surface area (Å²) in [5.41, 5.74) is 0. The molecule has 0 nitrogen and oxygen atoms in total. The van der Waals surface area contributed by atoms with Gasteiger partial charge in [-0.15, -0.1) is 8.86 Å². The number of rotatable bonds is 2. The van der Waals surface area contributed by atoms with Crippen LogP contribution in [0.3, 0.4) is 0 Å². The fourth-order valence-corrected chi connectivity index (χ4v) is 0.433. The van der Waals surface area contributed by atoms with E-state index in [1.54, 1.807) is 0 Å². The summed E-state index contributed by atoms with van der Waals surface area (Å²) in [6.45, 7) is 2.15. The van der Waals surface area contributed by atoms with E-state index in [1.807, 2.05) is 5.80 Å². The Balaban J connectivity index is 2.40. The van der Waals surface area contributed by atoms with Crippen LogP contribution in [-0.2, 0) is 0 Å². The van der Waals surface area contributed by atoms with Gasteiger partial charge < -0.3 is 0 Å². The molecule has 0 aromatic heterocycles. The van der Waals surface area contributed by atoms with E-state index in [9.17, 15) is 0 Å². The van der Waals surface area contributed by atoms with Crippen molar-refractivity contribution in [1.29, 1.82) is 0 Å². The molecule has 0 saturated carbocycles. The van der Waals surface area contributed by atoms with Gasteiger partial charge in [-0.3, -0.25) is 0 Å². The van der Waals surface area contributed by atoms with Crippen LogP contribution in [0, 0.1) is 0 Å². The Labute approximate surface area is 35.4 Å². The Morgan fingerprint density at radius 1 is 1.80 bits per heavy atom. The summed E-state index contributed by atoms with van der Waals surface area (Å²) in [5.74, 6) is 1.99. The normalized spacial score (nSPS) is 7.40. The zero-order chi connectivity index (χ0) is 4.12. The standard InChI is InChI=1S/C4H9P/c1-2-3-4-5/h4-5H,2-3H2,1H3. The van der Waals surface area contributed by atoms with Gasteiger partial charge in [0.15, 0.2) is 0 Å². The SMILES string of the molecule is CCCC=P. The molecular weight excluding hydrogens is 79.0 g/mol. The molecule has 0 aliphatic carbocycles. The number of hydrogen-bond donors (Lipinski definition) is 0. The van der Waals surface area contributed by atoms with E-state index in [0.717, 1.165) is 0 Å². The lowest BCUT2D eigenvalue weighted by Gasteiger charge is -1.72. The third-order valence-electron chi connectivity index (χ3n) is 0.433. The second-order valence-corrected chi connectivity index (χ2v) is 1.40. The summed E-state index contributed by atoms with van der Waals surface area (Å²) < 4.78 is 0. The molecule has 0 aromatic rings. The van der Waals surface area contributed by atoms with E-state index in [4.69, 9.17) is 0 Å². The zero-order valence-electron chi connectivity index (χ0n) is 3.49. The highest BCUT2D eigenvalue weighted by Gasteiger charge is 1.62. The Morgan fingerprint density at radius 3 is 2.40 bits per heavy atom. The van der Waals surface area contributed by atoms with Crippen molar-refractivity contribution < 1.29 is 0 Å². The maximum atomic E-state index is 3.23. The summed E-state index contributed by atoms with van der Waals surface area (Å²) in [6, 6.07) is 0. The molecule has 0 bridgehead atoms. The van der Waals surface area contributed by atoms with Crippen molar-refractivity contribution >= 4 is 14.7 Å². The fourth-order valence-electron chi connectivity index (χ4n) is 0.144. The minimum absolute atomic E-state index is 1.18. The van der Waals surface area contributed by atoms with Crippen molar-refractivity contribution in [3.63, 3.8) is 0 Å². The van der Waals surface area contributed by atoms with Gasteiger partial charge in [0.25, 0.3) is 0 Å². The summed E-state index contributed by atoms with van der Waals surface area (Å²) in [7, 11) is 3.23. The first-order valence-electron chi connectivity index (χ1n) is 1.90. The molecule has 1 heteroatoms. The summed E-state index contributed by atoms with van der Waals surface area (Å²) in [6.07, 6.45) is 2.42. The monoisotopic (exact) mass is 88.0 g/mol. The van der Waals surface area contributed by atoms with Crippen LogP contribution < -0.4 is 0 Å². The maximum absolute atomic E-state index is 3.23. The molecular formula is C4H9P. The highest BCUT2D eigenvalue weighted by Crippen LogP contribution is 1.78. The van der Waals surface area contributed by atoms with Crippen molar-refractivity contribution in [2.75, 3.05) is 0 Å². The van der Waals surface area contributed by atoms with Gasteiger partial charge in [-0.2, -0.15) is 0 Å². The van der Waals surface area contributed by atoms with Gasteiger partial charge in [-0.05, 0) is 6.42 Å². The highest BCUT2D eigenvalue weighted by molar-refractivity contribution is 7.18. The first-order chi connectivity index (χ1) is 2.41. The average Bonchev–Trinajstić information content (AvgIpc) is 1.41. The predicted octanol–water partition coefficient (Wildman–Crippen LogP) is 1.73. The summed E-state index contributed by atoms with van der Waals surface area (Å²) in [4.78, 5) is 0. The maximum Gasteiger partial charge on any atom is -0.0312 e. The van der Waals surface area contributed by atoms with Gasteiger partial charge in [0.1, 0.15) is 0 Å². The molecule has 0 aromatic carbocycles. The van der Waals surface area contributed by atoms with Gasteiger partial charge in [0.05, 0.1) is 0 Å². The van der Waals surface area contributed by atoms with Crippen molar-refractivity contribution in [3.8, 4) is 0 Å². The molecule has 0 aliphatic rings. The molecule has 0 atom stereocenters. The summed E-state index contributed by atoms with van der Waals surface area (Å²) >= 11 is 0. The molecule has 0 saturated heterocycles. The third kappa shape index (κ3) is 4.17. The lowest BCUT2D eigenvalue weighted by molar-refractivity contribution is 1.02. The van der Waals surface area contributed by atoms with Crippen LogP contribution in [0.1, 0.15) is 19.8 Å². The van der Waals surface area contributed by atoms with E-state index in [-0.39, 0.29) is 0 Å². The first-order valence-corrected chi connectivity index (χ1v) is 2.48. The lowest BCUT2D eigenvalue weighted by Crippen LogP contribution is -1.60. The van der Waals surface area contributed by atoms with Crippen LogP contribution in [0.15, 0.2) is 0 Å². The van der Waals surface area contributed by atoms with Crippen molar-refractivity contribution in [1.82, 2.24) is 0 Å². The minimum atomic E-state index is 1.18. The molecule has 0 heterocycles. The number of hydrogen-bond acceptors (Lipinski definition) is 0. The van der Waals surface area contributed by atoms with E-state index in [0.29, 0.717) is 0 Å². The first kappa shape index (κ1) is 5.17. The molecule has 0 radical (unpaired) electrons. The van der Waals surface area contributed by atoms with Crippen molar-refractivity contribution in [2.45, 2.75) is 19.8 Å². The van der Waals surface area contributed by atoms with Crippen LogP contribution in [0.2, 0.25) is 0 Å². The van der Waals surface area contributed by atoms with E-state index in [1.165, 1.54) is 12.8 Å². The van der Waals surface area contributed by atoms with Crippen molar-refractivity contribution in [3.05, 3.63) is 0 Å². The van der Waals surface area contributed by atoms with Crippen LogP contribution in [-0.4, -0.2) is 5.80 Å². The Bertz CT molecular complexity index is 24.8. The third-order valence-corrected chi connectivity index (χ3v) is 0.722. The Morgan fingerprint density at radius 2 is 2.40 bits per heavy atom. The van der Waals surface area contributed by atoms with Gasteiger partial charge in [0, 0.05) is 0 Å². The van der Waals surface area contributed by atoms with E-state index >= 15 is 0 Å². The van der Waals surface area contributed by atoms with E-state index < -0.39 is 0 Å². The topological polar surface area (TPSA) is 0 Å². The van der Waals surface area contributed by atoms with Crippen LogP contribution >= 0.6 is 8.86 Å². The Kier molecular flexibility index (Phi) is 4.31. The van der Waals surface area contributed by atoms with Gasteiger partial charge in [0.2, 0.25) is 0 Å². The Hall–Kier alpha value is 0.170. The molecule has 0 unspecified atom stereocenters. The zero-order valence-corrected chi connectivity index (χ0v) is 4.49. The minimum Gasteiger partial charge on any atom is -0.127 e. The second kappa shape index (κ2) is 4.17.